The second-order valence-corrected chi connectivity index (χ2v) is 9.40. The Bertz CT molecular complexity index is 973. The Morgan fingerprint density at radius 1 is 0.590 bits per heavy atom. The highest BCUT2D eigenvalue weighted by molar-refractivity contribution is 5.14. The molecule has 2 heterocycles. The zero-order chi connectivity index (χ0) is 27.5. The molecule has 2 aromatic carbocycles. The molecule has 8 atom stereocenters. The van der Waals surface area contributed by atoms with Gasteiger partial charge in [0.05, 0.1) is 26.4 Å². The van der Waals surface area contributed by atoms with Crippen molar-refractivity contribution in [3.8, 4) is 0 Å². The molecule has 2 aliphatic rings. The Kier molecular flexibility index (Phi) is 11.9. The minimum Gasteiger partial charge on any atom is -0.376 e. The van der Waals surface area contributed by atoms with E-state index in [1.54, 1.807) is 28.4 Å². The van der Waals surface area contributed by atoms with Crippen LogP contribution in [-0.4, -0.2) is 90.9 Å². The minimum atomic E-state index is -0.627. The smallest absolute Gasteiger partial charge is 0.186 e. The molecule has 1 fully saturated rings. The van der Waals surface area contributed by atoms with Crippen LogP contribution in [0.3, 0.4) is 0 Å². The van der Waals surface area contributed by atoms with Crippen molar-refractivity contribution in [1.29, 1.82) is 0 Å². The first-order valence-corrected chi connectivity index (χ1v) is 13.2. The van der Waals surface area contributed by atoms with Crippen LogP contribution in [0.15, 0.2) is 72.8 Å². The van der Waals surface area contributed by atoms with Crippen LogP contribution in [0.4, 0.5) is 0 Å². The lowest BCUT2D eigenvalue weighted by molar-refractivity contribution is -0.314. The summed E-state index contributed by atoms with van der Waals surface area (Å²) in [5, 5.41) is 0. The maximum atomic E-state index is 6.29. The molecule has 0 unspecified atom stereocenters. The zero-order valence-corrected chi connectivity index (χ0v) is 23.0. The molecule has 2 aromatic rings. The van der Waals surface area contributed by atoms with Crippen LogP contribution in [0.25, 0.3) is 0 Å². The molecule has 0 spiro atoms. The Labute approximate surface area is 230 Å². The Morgan fingerprint density at radius 2 is 1.23 bits per heavy atom. The third kappa shape index (κ3) is 8.17. The highest BCUT2D eigenvalue weighted by Gasteiger charge is 2.47. The van der Waals surface area contributed by atoms with E-state index < -0.39 is 37.0 Å². The van der Waals surface area contributed by atoms with E-state index in [2.05, 4.69) is 0 Å². The minimum absolute atomic E-state index is 0.191. The van der Waals surface area contributed by atoms with Gasteiger partial charge in [-0.25, -0.2) is 0 Å². The zero-order valence-electron chi connectivity index (χ0n) is 23.0. The van der Waals surface area contributed by atoms with E-state index in [1.165, 1.54) is 0 Å². The largest absolute Gasteiger partial charge is 0.376 e. The van der Waals surface area contributed by atoms with Gasteiger partial charge in [-0.05, 0) is 17.2 Å². The van der Waals surface area contributed by atoms with Crippen LogP contribution in [0.2, 0.25) is 0 Å². The van der Waals surface area contributed by atoms with Crippen molar-refractivity contribution in [3.05, 3.63) is 83.9 Å². The van der Waals surface area contributed by atoms with Gasteiger partial charge in [0.25, 0.3) is 0 Å². The first kappa shape index (κ1) is 29.8. The van der Waals surface area contributed by atoms with Crippen LogP contribution < -0.4 is 0 Å². The molecule has 39 heavy (non-hydrogen) atoms. The fourth-order valence-electron chi connectivity index (χ4n) is 4.84. The predicted octanol–water partition coefficient (Wildman–Crippen LogP) is 3.50. The molecule has 0 amide bonds. The molecule has 0 aliphatic carbocycles. The molecule has 0 aromatic heterocycles. The first-order valence-electron chi connectivity index (χ1n) is 13.2. The molecule has 0 bridgehead atoms. The Morgan fingerprint density at radius 3 is 1.85 bits per heavy atom. The number of methoxy groups -OCH3 is 4. The summed E-state index contributed by atoms with van der Waals surface area (Å²) in [5.41, 5.74) is 2.18. The topological polar surface area (TPSA) is 83.1 Å². The van der Waals surface area contributed by atoms with E-state index >= 15 is 0 Å². The summed E-state index contributed by atoms with van der Waals surface area (Å²) < 4.78 is 53.2. The molecular formula is C30H40O9. The van der Waals surface area contributed by atoms with E-state index in [4.69, 9.17) is 42.6 Å². The lowest BCUT2D eigenvalue weighted by Gasteiger charge is -2.44. The van der Waals surface area contributed by atoms with Gasteiger partial charge in [-0.2, -0.15) is 0 Å². The summed E-state index contributed by atoms with van der Waals surface area (Å²) in [6, 6.07) is 20.1. The number of hydrogen-bond acceptors (Lipinski definition) is 9. The molecule has 1 saturated heterocycles. The number of ether oxygens (including phenoxy) is 9. The second-order valence-electron chi connectivity index (χ2n) is 9.40. The summed E-state index contributed by atoms with van der Waals surface area (Å²) in [4.78, 5) is 0. The second kappa shape index (κ2) is 15.6. The van der Waals surface area contributed by atoms with Gasteiger partial charge in [-0.1, -0.05) is 66.7 Å². The molecule has 0 radical (unpaired) electrons. The quantitative estimate of drug-likeness (QED) is 0.332. The van der Waals surface area contributed by atoms with Crippen molar-refractivity contribution in [2.24, 2.45) is 0 Å². The van der Waals surface area contributed by atoms with Crippen molar-refractivity contribution < 1.29 is 42.6 Å². The van der Waals surface area contributed by atoms with Crippen molar-refractivity contribution in [2.45, 2.75) is 62.4 Å². The lowest BCUT2D eigenvalue weighted by atomic mass is 9.98. The van der Waals surface area contributed by atoms with Gasteiger partial charge in [-0.15, -0.1) is 0 Å². The monoisotopic (exact) mass is 544 g/mol. The van der Waals surface area contributed by atoms with E-state index in [9.17, 15) is 0 Å². The van der Waals surface area contributed by atoms with Gasteiger partial charge in [0.2, 0.25) is 0 Å². The van der Waals surface area contributed by atoms with Gasteiger partial charge in [-0.3, -0.25) is 0 Å². The first-order chi connectivity index (χ1) is 19.2. The van der Waals surface area contributed by atoms with E-state index in [0.717, 1.165) is 11.1 Å². The molecule has 9 heteroatoms. The fourth-order valence-corrected chi connectivity index (χ4v) is 4.84. The van der Waals surface area contributed by atoms with Crippen LogP contribution in [0, 0.1) is 0 Å². The summed E-state index contributed by atoms with van der Waals surface area (Å²) >= 11 is 0. The van der Waals surface area contributed by atoms with E-state index in [-0.39, 0.29) is 18.8 Å². The molecule has 0 saturated carbocycles. The van der Waals surface area contributed by atoms with Crippen LogP contribution in [0.1, 0.15) is 11.1 Å². The highest BCUT2D eigenvalue weighted by atomic mass is 16.7. The molecule has 2 aliphatic heterocycles. The normalized spacial score (nSPS) is 30.9. The Balaban J connectivity index is 1.38. The van der Waals surface area contributed by atoms with Gasteiger partial charge in [0.1, 0.15) is 36.6 Å². The van der Waals surface area contributed by atoms with Crippen molar-refractivity contribution in [1.82, 2.24) is 0 Å². The average Bonchev–Trinajstić information content (AvgIpc) is 2.99. The lowest BCUT2D eigenvalue weighted by Crippen LogP contribution is -2.61. The fraction of sp³-hybridized carbons (Fsp3) is 0.533. The molecule has 214 valence electrons. The Hall–Kier alpha value is -2.18. The number of rotatable bonds is 14. The van der Waals surface area contributed by atoms with E-state index in [1.807, 2.05) is 72.8 Å². The van der Waals surface area contributed by atoms with Crippen molar-refractivity contribution >= 4 is 0 Å². The molecular weight excluding hydrogens is 504 g/mol. The number of benzene rings is 2. The van der Waals surface area contributed by atoms with Crippen LogP contribution in [0.5, 0.6) is 0 Å². The average molecular weight is 545 g/mol. The van der Waals surface area contributed by atoms with Crippen LogP contribution >= 0.6 is 0 Å². The van der Waals surface area contributed by atoms with Crippen molar-refractivity contribution in [2.75, 3.05) is 41.7 Å². The van der Waals surface area contributed by atoms with E-state index in [0.29, 0.717) is 19.8 Å². The number of hydrogen-bond donors (Lipinski definition) is 0. The van der Waals surface area contributed by atoms with Gasteiger partial charge in [0, 0.05) is 28.4 Å². The third-order valence-corrected chi connectivity index (χ3v) is 6.88. The SMILES string of the molecule is CO[C@H]1O[C@H](CO[C@@H]2C=C[C@@H](OCc3ccccc3)[C@@H](COCc3ccccc3)O2)[C@@H](OC)[C@H](OC)[C@H]1OC. The summed E-state index contributed by atoms with van der Waals surface area (Å²) in [6.45, 7) is 1.47. The maximum absolute atomic E-state index is 6.29. The molecule has 9 nitrogen and oxygen atoms in total. The summed E-state index contributed by atoms with van der Waals surface area (Å²) in [7, 11) is 6.38. The predicted molar refractivity (Wildman–Crippen MR) is 143 cm³/mol. The molecule has 4 rings (SSSR count). The summed E-state index contributed by atoms with van der Waals surface area (Å²) in [6.07, 6.45) is 0.191. The van der Waals surface area contributed by atoms with Gasteiger partial charge >= 0.3 is 0 Å². The highest BCUT2D eigenvalue weighted by Crippen LogP contribution is 2.28. The standard InChI is InChI=1S/C30H40O9/c1-31-27-25(39-30(34-4)29(33-3)28(27)32-2)20-37-26-16-15-23(36-18-22-13-9-6-10-14-22)24(38-26)19-35-17-21-11-7-5-8-12-21/h5-16,23-30H,17-20H2,1-4H3/t23-,24-,25-,26+,27-,28+,29-,30+/m1/s1. The van der Waals surface area contributed by atoms with Crippen molar-refractivity contribution in [3.63, 3.8) is 0 Å². The third-order valence-electron chi connectivity index (χ3n) is 6.88. The van der Waals surface area contributed by atoms with Crippen LogP contribution in [-0.2, 0) is 55.8 Å². The molecule has 0 N–H and O–H groups in total. The van der Waals surface area contributed by atoms with Gasteiger partial charge < -0.3 is 42.6 Å². The maximum Gasteiger partial charge on any atom is 0.186 e. The summed E-state index contributed by atoms with van der Waals surface area (Å²) in [5.74, 6) is 0. The van der Waals surface area contributed by atoms with Gasteiger partial charge in [0.15, 0.2) is 12.6 Å².